The standard InChI is InChI=1S/C7H6F3NO.C2H6/c1-3-5-4(2)12-11-6(5)7(8,9)10;1-2/h3H,1H2,2H3;1-2H3. The first-order chi connectivity index (χ1) is 6.46. The molecule has 1 rings (SSSR count). The van der Waals surface area contributed by atoms with Gasteiger partial charge < -0.3 is 4.52 Å². The van der Waals surface area contributed by atoms with E-state index in [4.69, 9.17) is 0 Å². The third-order valence-electron chi connectivity index (χ3n) is 1.38. The van der Waals surface area contributed by atoms with Gasteiger partial charge in [0.05, 0.1) is 0 Å². The SMILES string of the molecule is C=Cc1c(C(F)(F)F)noc1C.CC. The number of hydrogen-bond acceptors (Lipinski definition) is 2. The predicted molar refractivity (Wildman–Crippen MR) is 47.7 cm³/mol. The van der Waals surface area contributed by atoms with E-state index >= 15 is 0 Å². The zero-order valence-electron chi connectivity index (χ0n) is 8.27. The molecule has 5 heteroatoms. The van der Waals surface area contributed by atoms with Gasteiger partial charge in [-0.15, -0.1) is 0 Å². The van der Waals surface area contributed by atoms with Gasteiger partial charge in [-0.1, -0.05) is 31.7 Å². The van der Waals surface area contributed by atoms with Gasteiger partial charge in [0.2, 0.25) is 0 Å². The van der Waals surface area contributed by atoms with Crippen molar-refractivity contribution in [2.75, 3.05) is 0 Å². The number of alkyl halides is 3. The number of aromatic nitrogens is 1. The van der Waals surface area contributed by atoms with Crippen LogP contribution in [0.5, 0.6) is 0 Å². The Balaban J connectivity index is 0.000000791. The van der Waals surface area contributed by atoms with Gasteiger partial charge in [0.25, 0.3) is 0 Å². The monoisotopic (exact) mass is 207 g/mol. The van der Waals surface area contributed by atoms with E-state index in [-0.39, 0.29) is 11.3 Å². The fourth-order valence-corrected chi connectivity index (χ4v) is 0.824. The van der Waals surface area contributed by atoms with Gasteiger partial charge in [0, 0.05) is 5.56 Å². The van der Waals surface area contributed by atoms with Crippen LogP contribution in [-0.2, 0) is 6.18 Å². The molecule has 2 nitrogen and oxygen atoms in total. The first-order valence-corrected chi connectivity index (χ1v) is 4.12. The zero-order chi connectivity index (χ0) is 11.4. The Morgan fingerprint density at radius 2 is 1.86 bits per heavy atom. The Hall–Kier alpha value is -1.26. The summed E-state index contributed by atoms with van der Waals surface area (Å²) in [6, 6.07) is 0. The van der Waals surface area contributed by atoms with Crippen molar-refractivity contribution in [1.29, 1.82) is 0 Å². The number of aryl methyl sites for hydroxylation is 1. The molecule has 0 unspecified atom stereocenters. The third kappa shape index (κ3) is 2.61. The minimum Gasteiger partial charge on any atom is -0.360 e. The van der Waals surface area contributed by atoms with Crippen molar-refractivity contribution in [3.63, 3.8) is 0 Å². The minimum atomic E-state index is -4.47. The van der Waals surface area contributed by atoms with Crippen LogP contribution in [0.1, 0.15) is 30.9 Å². The average Bonchev–Trinajstić information content (AvgIpc) is 2.49. The Bertz CT molecular complexity index is 301. The van der Waals surface area contributed by atoms with E-state index in [0.29, 0.717) is 0 Å². The highest BCUT2D eigenvalue weighted by Gasteiger charge is 2.37. The van der Waals surface area contributed by atoms with Crippen LogP contribution in [0.25, 0.3) is 6.08 Å². The van der Waals surface area contributed by atoms with E-state index < -0.39 is 11.9 Å². The van der Waals surface area contributed by atoms with Crippen LogP contribution < -0.4 is 0 Å². The summed E-state index contributed by atoms with van der Waals surface area (Å²) in [6.07, 6.45) is -3.39. The van der Waals surface area contributed by atoms with E-state index in [2.05, 4.69) is 16.3 Å². The van der Waals surface area contributed by atoms with Crippen LogP contribution in [0.4, 0.5) is 13.2 Å². The second-order valence-electron chi connectivity index (χ2n) is 2.20. The molecule has 0 atom stereocenters. The summed E-state index contributed by atoms with van der Waals surface area (Å²) >= 11 is 0. The average molecular weight is 207 g/mol. The molecule has 0 spiro atoms. The zero-order valence-corrected chi connectivity index (χ0v) is 8.27. The van der Waals surface area contributed by atoms with Gasteiger partial charge in [-0.25, -0.2) is 0 Å². The summed E-state index contributed by atoms with van der Waals surface area (Å²) in [5, 5.41) is 2.89. The summed E-state index contributed by atoms with van der Waals surface area (Å²) in [5.74, 6) is 0.123. The molecule has 0 radical (unpaired) electrons. The lowest BCUT2D eigenvalue weighted by Crippen LogP contribution is -2.07. The van der Waals surface area contributed by atoms with Gasteiger partial charge in [0.1, 0.15) is 5.76 Å². The Kier molecular flexibility index (Phi) is 4.40. The number of halogens is 3. The lowest BCUT2D eigenvalue weighted by molar-refractivity contribution is -0.142. The fourth-order valence-electron chi connectivity index (χ4n) is 0.824. The Labute approximate surface area is 80.4 Å². The van der Waals surface area contributed by atoms with E-state index in [1.165, 1.54) is 6.92 Å². The molecule has 1 aromatic rings. The highest BCUT2D eigenvalue weighted by molar-refractivity contribution is 5.52. The molecule has 1 heterocycles. The largest absolute Gasteiger partial charge is 0.437 e. The molecule has 0 saturated carbocycles. The molecule has 0 aliphatic heterocycles. The quantitative estimate of drug-likeness (QED) is 0.702. The smallest absolute Gasteiger partial charge is 0.360 e. The lowest BCUT2D eigenvalue weighted by Gasteiger charge is -2.01. The molecular weight excluding hydrogens is 195 g/mol. The van der Waals surface area contributed by atoms with E-state index in [0.717, 1.165) is 6.08 Å². The Morgan fingerprint density at radius 1 is 1.36 bits per heavy atom. The highest BCUT2D eigenvalue weighted by atomic mass is 19.4. The van der Waals surface area contributed by atoms with Crippen LogP contribution in [0.15, 0.2) is 11.1 Å². The van der Waals surface area contributed by atoms with E-state index in [1.54, 1.807) is 0 Å². The normalized spacial score (nSPS) is 10.4. The van der Waals surface area contributed by atoms with Crippen LogP contribution >= 0.6 is 0 Å². The lowest BCUT2D eigenvalue weighted by atomic mass is 10.2. The van der Waals surface area contributed by atoms with Gasteiger partial charge in [-0.05, 0) is 6.92 Å². The second kappa shape index (κ2) is 4.83. The summed E-state index contributed by atoms with van der Waals surface area (Å²) < 4.78 is 40.6. The number of hydrogen-bond donors (Lipinski definition) is 0. The van der Waals surface area contributed by atoms with Crippen LogP contribution in [0, 0.1) is 6.92 Å². The van der Waals surface area contributed by atoms with E-state index in [9.17, 15) is 13.2 Å². The number of nitrogens with zero attached hydrogens (tertiary/aromatic N) is 1. The first-order valence-electron chi connectivity index (χ1n) is 4.12. The van der Waals surface area contributed by atoms with Gasteiger partial charge in [-0.2, -0.15) is 13.2 Å². The molecule has 0 bridgehead atoms. The first kappa shape index (κ1) is 12.7. The highest BCUT2D eigenvalue weighted by Crippen LogP contribution is 2.32. The molecule has 80 valence electrons. The molecule has 0 aromatic carbocycles. The molecule has 0 fully saturated rings. The molecule has 14 heavy (non-hydrogen) atoms. The Morgan fingerprint density at radius 3 is 2.14 bits per heavy atom. The fraction of sp³-hybridized carbons (Fsp3) is 0.444. The molecule has 0 aliphatic carbocycles. The van der Waals surface area contributed by atoms with Crippen LogP contribution in [-0.4, -0.2) is 5.16 Å². The summed E-state index contributed by atoms with van der Waals surface area (Å²) in [7, 11) is 0. The number of rotatable bonds is 1. The van der Waals surface area contributed by atoms with Crippen molar-refractivity contribution in [3.8, 4) is 0 Å². The maximum Gasteiger partial charge on any atom is 0.437 e. The molecule has 1 aromatic heterocycles. The van der Waals surface area contributed by atoms with Crippen molar-refractivity contribution in [2.45, 2.75) is 26.9 Å². The van der Waals surface area contributed by atoms with Crippen LogP contribution in [0.2, 0.25) is 0 Å². The van der Waals surface area contributed by atoms with Crippen molar-refractivity contribution in [3.05, 3.63) is 23.6 Å². The third-order valence-corrected chi connectivity index (χ3v) is 1.38. The van der Waals surface area contributed by atoms with Crippen molar-refractivity contribution in [1.82, 2.24) is 5.16 Å². The van der Waals surface area contributed by atoms with Crippen molar-refractivity contribution >= 4 is 6.08 Å². The molecular formula is C9H12F3NO. The topological polar surface area (TPSA) is 26.0 Å². The maximum absolute atomic E-state index is 12.1. The summed E-state index contributed by atoms with van der Waals surface area (Å²) in [4.78, 5) is 0. The molecule has 0 aliphatic rings. The van der Waals surface area contributed by atoms with E-state index in [1.807, 2.05) is 13.8 Å². The second-order valence-corrected chi connectivity index (χ2v) is 2.20. The molecule has 0 N–H and O–H groups in total. The predicted octanol–water partition coefficient (Wildman–Crippen LogP) is 3.67. The van der Waals surface area contributed by atoms with Gasteiger partial charge >= 0.3 is 6.18 Å². The molecule has 0 amide bonds. The molecule has 0 saturated heterocycles. The van der Waals surface area contributed by atoms with Gasteiger partial charge in [0.15, 0.2) is 5.69 Å². The van der Waals surface area contributed by atoms with Gasteiger partial charge in [-0.3, -0.25) is 0 Å². The maximum atomic E-state index is 12.1. The van der Waals surface area contributed by atoms with Crippen molar-refractivity contribution < 1.29 is 17.7 Å². The van der Waals surface area contributed by atoms with Crippen LogP contribution in [0.3, 0.4) is 0 Å². The summed E-state index contributed by atoms with van der Waals surface area (Å²) in [6.45, 7) is 8.64. The summed E-state index contributed by atoms with van der Waals surface area (Å²) in [5.41, 5.74) is -1.11. The minimum absolute atomic E-state index is 0.0949. The van der Waals surface area contributed by atoms with Crippen molar-refractivity contribution in [2.24, 2.45) is 0 Å².